The van der Waals surface area contributed by atoms with Gasteiger partial charge in [0.25, 0.3) is 0 Å². The van der Waals surface area contributed by atoms with E-state index in [9.17, 15) is 4.79 Å². The van der Waals surface area contributed by atoms with Gasteiger partial charge in [-0.3, -0.25) is 0 Å². The van der Waals surface area contributed by atoms with E-state index in [2.05, 4.69) is 10.8 Å². The van der Waals surface area contributed by atoms with Crippen molar-refractivity contribution in [1.29, 1.82) is 5.26 Å². The second kappa shape index (κ2) is 4.61. The van der Waals surface area contributed by atoms with Crippen molar-refractivity contribution in [2.45, 2.75) is 20.3 Å². The van der Waals surface area contributed by atoms with E-state index in [1.807, 2.05) is 19.9 Å². The summed E-state index contributed by atoms with van der Waals surface area (Å²) in [4.78, 5) is 11.4. The summed E-state index contributed by atoms with van der Waals surface area (Å²) >= 11 is 0. The van der Waals surface area contributed by atoms with Crippen LogP contribution in [-0.4, -0.2) is 13.1 Å². The summed E-state index contributed by atoms with van der Waals surface area (Å²) in [5.74, 6) is -0.461. The number of ether oxygens (including phenoxy) is 1. The molecule has 0 fully saturated rings. The lowest BCUT2D eigenvalue weighted by Crippen LogP contribution is -2.06. The molecule has 0 saturated carbocycles. The van der Waals surface area contributed by atoms with Gasteiger partial charge in [-0.1, -0.05) is 13.0 Å². The van der Waals surface area contributed by atoms with E-state index < -0.39 is 5.97 Å². The van der Waals surface area contributed by atoms with E-state index in [-0.39, 0.29) is 0 Å². The first-order chi connectivity index (χ1) is 7.15. The molecule has 0 radical (unpaired) electrons. The van der Waals surface area contributed by atoms with Gasteiger partial charge in [0.15, 0.2) is 0 Å². The van der Waals surface area contributed by atoms with Crippen LogP contribution in [0.25, 0.3) is 0 Å². The number of benzene rings is 1. The van der Waals surface area contributed by atoms with Crippen molar-refractivity contribution in [3.05, 3.63) is 34.4 Å². The van der Waals surface area contributed by atoms with Crippen molar-refractivity contribution in [2.24, 2.45) is 0 Å². The van der Waals surface area contributed by atoms with Crippen LogP contribution in [0.1, 0.15) is 34.0 Å². The van der Waals surface area contributed by atoms with Crippen molar-refractivity contribution in [3.8, 4) is 6.07 Å². The molecule has 0 aliphatic rings. The van der Waals surface area contributed by atoms with E-state index in [0.717, 1.165) is 17.5 Å². The van der Waals surface area contributed by atoms with Gasteiger partial charge in [0, 0.05) is 0 Å². The zero-order valence-electron chi connectivity index (χ0n) is 9.13. The third-order valence-corrected chi connectivity index (χ3v) is 2.48. The predicted molar refractivity (Wildman–Crippen MR) is 56.6 cm³/mol. The first-order valence-corrected chi connectivity index (χ1v) is 4.76. The molecule has 15 heavy (non-hydrogen) atoms. The summed E-state index contributed by atoms with van der Waals surface area (Å²) in [7, 11) is 1.31. The van der Waals surface area contributed by atoms with Crippen LogP contribution >= 0.6 is 0 Å². The van der Waals surface area contributed by atoms with Crippen molar-refractivity contribution < 1.29 is 9.53 Å². The molecule has 0 amide bonds. The zero-order chi connectivity index (χ0) is 11.4. The highest BCUT2D eigenvalue weighted by atomic mass is 16.5. The average molecular weight is 203 g/mol. The Balaban J connectivity index is 3.39. The van der Waals surface area contributed by atoms with Crippen molar-refractivity contribution in [3.63, 3.8) is 0 Å². The normalized spacial score (nSPS) is 9.47. The molecule has 0 bridgehead atoms. The van der Waals surface area contributed by atoms with E-state index in [1.165, 1.54) is 7.11 Å². The average Bonchev–Trinajstić information content (AvgIpc) is 2.27. The van der Waals surface area contributed by atoms with Crippen LogP contribution in [0.4, 0.5) is 0 Å². The maximum atomic E-state index is 11.4. The maximum absolute atomic E-state index is 11.4. The van der Waals surface area contributed by atoms with Crippen LogP contribution in [-0.2, 0) is 11.2 Å². The summed E-state index contributed by atoms with van der Waals surface area (Å²) in [6.07, 6.45) is 0.849. The molecular weight excluding hydrogens is 190 g/mol. The smallest absolute Gasteiger partial charge is 0.339 e. The molecule has 1 aromatic rings. The minimum absolute atomic E-state index is 0.342. The molecule has 1 aromatic carbocycles. The Bertz CT molecular complexity index is 430. The Kier molecular flexibility index (Phi) is 3.46. The number of carbonyl (C=O) groups excluding carboxylic acids is 1. The van der Waals surface area contributed by atoms with Gasteiger partial charge in [-0.15, -0.1) is 0 Å². The lowest BCUT2D eigenvalue weighted by atomic mass is 9.96. The summed E-state index contributed by atoms with van der Waals surface area (Å²) in [5.41, 5.74) is 2.71. The molecule has 1 rings (SSSR count). The molecule has 3 nitrogen and oxygen atoms in total. The molecule has 0 unspecified atom stereocenters. The fraction of sp³-hybridized carbons (Fsp3) is 0.333. The van der Waals surface area contributed by atoms with Gasteiger partial charge in [0.1, 0.15) is 6.07 Å². The molecule has 0 aromatic heterocycles. The van der Waals surface area contributed by atoms with Crippen LogP contribution in [0.3, 0.4) is 0 Å². The van der Waals surface area contributed by atoms with Crippen molar-refractivity contribution in [1.82, 2.24) is 0 Å². The summed E-state index contributed by atoms with van der Waals surface area (Å²) < 4.78 is 4.62. The molecule has 0 N–H and O–H groups in total. The van der Waals surface area contributed by atoms with Crippen LogP contribution in [0.2, 0.25) is 0 Å². The van der Waals surface area contributed by atoms with Gasteiger partial charge in [-0.25, -0.2) is 4.79 Å². The Morgan fingerprint density at radius 3 is 2.67 bits per heavy atom. The Morgan fingerprint density at radius 2 is 2.20 bits per heavy atom. The van der Waals surface area contributed by atoms with Gasteiger partial charge >= 0.3 is 5.97 Å². The molecule has 0 aliphatic heterocycles. The SMILES string of the molecule is CCc1ccc(C(=O)OC)c(C#N)c1C. The number of esters is 1. The van der Waals surface area contributed by atoms with Gasteiger partial charge in [-0.2, -0.15) is 5.26 Å². The summed E-state index contributed by atoms with van der Waals surface area (Å²) in [5, 5.41) is 9.01. The molecule has 0 spiro atoms. The third kappa shape index (κ3) is 1.99. The molecule has 0 aliphatic carbocycles. The third-order valence-electron chi connectivity index (χ3n) is 2.48. The first-order valence-electron chi connectivity index (χ1n) is 4.76. The highest BCUT2D eigenvalue weighted by Crippen LogP contribution is 2.19. The van der Waals surface area contributed by atoms with Crippen molar-refractivity contribution >= 4 is 5.97 Å². The maximum Gasteiger partial charge on any atom is 0.339 e. The Morgan fingerprint density at radius 1 is 1.53 bits per heavy atom. The molecule has 3 heteroatoms. The molecule has 78 valence electrons. The van der Waals surface area contributed by atoms with Crippen molar-refractivity contribution in [2.75, 3.05) is 7.11 Å². The number of carbonyl (C=O) groups is 1. The highest BCUT2D eigenvalue weighted by Gasteiger charge is 2.15. The van der Waals surface area contributed by atoms with Crippen LogP contribution < -0.4 is 0 Å². The Hall–Kier alpha value is -1.82. The van der Waals surface area contributed by atoms with Gasteiger partial charge in [0.05, 0.1) is 18.2 Å². The summed E-state index contributed by atoms with van der Waals surface area (Å²) in [6.45, 7) is 3.87. The number of hydrogen-bond acceptors (Lipinski definition) is 3. The minimum Gasteiger partial charge on any atom is -0.465 e. The first kappa shape index (κ1) is 11.3. The largest absolute Gasteiger partial charge is 0.465 e. The zero-order valence-corrected chi connectivity index (χ0v) is 9.13. The monoisotopic (exact) mass is 203 g/mol. The molecule has 0 atom stereocenters. The number of aryl methyl sites for hydroxylation is 1. The summed E-state index contributed by atoms with van der Waals surface area (Å²) in [6, 6.07) is 5.57. The standard InChI is InChI=1S/C12H13NO2/c1-4-9-5-6-10(12(14)15-3)11(7-13)8(9)2/h5-6H,4H2,1-3H3. The fourth-order valence-electron chi connectivity index (χ4n) is 1.56. The van der Waals surface area contributed by atoms with Crippen LogP contribution in [0, 0.1) is 18.3 Å². The highest BCUT2D eigenvalue weighted by molar-refractivity contribution is 5.92. The van der Waals surface area contributed by atoms with Gasteiger partial charge in [0.2, 0.25) is 0 Å². The lowest BCUT2D eigenvalue weighted by molar-refractivity contribution is 0.0600. The second-order valence-corrected chi connectivity index (χ2v) is 3.23. The number of methoxy groups -OCH3 is 1. The predicted octanol–water partition coefficient (Wildman–Crippen LogP) is 2.22. The van der Waals surface area contributed by atoms with E-state index in [4.69, 9.17) is 5.26 Å². The Labute approximate surface area is 89.3 Å². The molecule has 0 saturated heterocycles. The topological polar surface area (TPSA) is 50.1 Å². The van der Waals surface area contributed by atoms with E-state index in [1.54, 1.807) is 6.07 Å². The fourth-order valence-corrected chi connectivity index (χ4v) is 1.56. The number of nitrogens with zero attached hydrogens (tertiary/aromatic N) is 1. The second-order valence-electron chi connectivity index (χ2n) is 3.23. The van der Waals surface area contributed by atoms with Crippen LogP contribution in [0.5, 0.6) is 0 Å². The molecular formula is C12H13NO2. The van der Waals surface area contributed by atoms with Gasteiger partial charge < -0.3 is 4.74 Å². The lowest BCUT2D eigenvalue weighted by Gasteiger charge is -2.08. The van der Waals surface area contributed by atoms with E-state index in [0.29, 0.717) is 11.1 Å². The number of rotatable bonds is 2. The quantitative estimate of drug-likeness (QED) is 0.692. The number of hydrogen-bond donors (Lipinski definition) is 0. The number of nitriles is 1. The van der Waals surface area contributed by atoms with E-state index >= 15 is 0 Å². The molecule has 0 heterocycles. The minimum atomic E-state index is -0.461. The van der Waals surface area contributed by atoms with Gasteiger partial charge in [-0.05, 0) is 30.5 Å². The van der Waals surface area contributed by atoms with Crippen LogP contribution in [0.15, 0.2) is 12.1 Å².